The van der Waals surface area contributed by atoms with Gasteiger partial charge in [-0.15, -0.1) is 0 Å². The smallest absolute Gasteiger partial charge is 0.312 e. The van der Waals surface area contributed by atoms with Crippen LogP contribution in [0.15, 0.2) is 23.3 Å². The number of aliphatic hydroxyl groups excluding tert-OH is 1. The topological polar surface area (TPSA) is 63.6 Å². The summed E-state index contributed by atoms with van der Waals surface area (Å²) in [5.74, 6) is 1.87. The van der Waals surface area contributed by atoms with E-state index in [-0.39, 0.29) is 46.1 Å². The lowest BCUT2D eigenvalue weighted by molar-refractivity contribution is -0.177. The molecular weight excluding hydrogens is 436 g/mol. The maximum atomic E-state index is 13.4. The Bertz CT molecular complexity index is 996. The van der Waals surface area contributed by atoms with Crippen LogP contribution in [0, 0.1) is 56.7 Å². The van der Waals surface area contributed by atoms with Crippen LogP contribution in [-0.2, 0) is 14.3 Å². The van der Waals surface area contributed by atoms with Crippen LogP contribution >= 0.6 is 0 Å². The van der Waals surface area contributed by atoms with E-state index >= 15 is 0 Å². The molecule has 4 heteroatoms. The fraction of sp³-hybridized carbons (Fsp3) is 0.806. The molecule has 3 fully saturated rings. The van der Waals surface area contributed by atoms with E-state index in [0.717, 1.165) is 56.8 Å². The van der Waals surface area contributed by atoms with E-state index < -0.39 is 5.41 Å². The largest absolute Gasteiger partial charge is 0.469 e. The van der Waals surface area contributed by atoms with Gasteiger partial charge in [-0.1, -0.05) is 59.3 Å². The van der Waals surface area contributed by atoms with Crippen molar-refractivity contribution in [2.24, 2.45) is 56.7 Å². The summed E-state index contributed by atoms with van der Waals surface area (Å²) < 4.78 is 5.48. The highest BCUT2D eigenvalue weighted by Crippen LogP contribution is 2.76. The Morgan fingerprint density at radius 2 is 1.80 bits per heavy atom. The summed E-state index contributed by atoms with van der Waals surface area (Å²) in [6.07, 6.45) is 12.7. The Morgan fingerprint density at radius 1 is 1.09 bits per heavy atom. The van der Waals surface area contributed by atoms with Gasteiger partial charge in [0, 0.05) is 10.8 Å². The molecule has 5 aliphatic carbocycles. The van der Waals surface area contributed by atoms with Crippen molar-refractivity contribution in [1.82, 2.24) is 0 Å². The molecule has 0 aromatic carbocycles. The monoisotopic (exact) mass is 482 g/mol. The molecule has 1 N–H and O–H groups in total. The molecule has 5 aliphatic rings. The first-order valence-electron chi connectivity index (χ1n) is 14.0. The van der Waals surface area contributed by atoms with Gasteiger partial charge in [0.25, 0.3) is 0 Å². The van der Waals surface area contributed by atoms with E-state index in [2.05, 4.69) is 53.7 Å². The van der Waals surface area contributed by atoms with Crippen molar-refractivity contribution >= 4 is 12.3 Å². The van der Waals surface area contributed by atoms with E-state index in [1.165, 1.54) is 5.57 Å². The average Bonchev–Trinajstić information content (AvgIpc) is 3.08. The summed E-state index contributed by atoms with van der Waals surface area (Å²) in [6, 6.07) is 0. The van der Waals surface area contributed by atoms with Crippen molar-refractivity contribution in [3.05, 3.63) is 23.3 Å². The predicted molar refractivity (Wildman–Crippen MR) is 137 cm³/mol. The number of hydrogen-bond donors (Lipinski definition) is 1. The van der Waals surface area contributed by atoms with Gasteiger partial charge in [0.05, 0.1) is 19.1 Å². The van der Waals surface area contributed by atoms with Crippen molar-refractivity contribution in [1.29, 1.82) is 0 Å². The molecule has 3 saturated carbocycles. The average molecular weight is 483 g/mol. The molecule has 194 valence electrons. The zero-order valence-electron chi connectivity index (χ0n) is 22.9. The number of carbonyl (C=O) groups is 2. The summed E-state index contributed by atoms with van der Waals surface area (Å²) in [5.41, 5.74) is 1.46. The van der Waals surface area contributed by atoms with E-state index in [0.29, 0.717) is 17.8 Å². The highest BCUT2D eigenvalue weighted by Gasteiger charge is 2.70. The van der Waals surface area contributed by atoms with Crippen molar-refractivity contribution < 1.29 is 19.4 Å². The molecular formula is C31H46O4. The SMILES string of the molecule is COC(=O)[C@]12CC[C@@H](C)[C@H](C)[C@H]1C1=CC[C@@H]3[C@@]4(C)C(C=O)=C[C@@](C)(CO)[C@@H]4CC[C@@]3(C)[C@]1(C)CC2. The third-order valence-corrected chi connectivity index (χ3v) is 13.1. The third-order valence-electron chi connectivity index (χ3n) is 13.1. The van der Waals surface area contributed by atoms with Crippen molar-refractivity contribution in [2.75, 3.05) is 13.7 Å². The molecule has 0 spiro atoms. The lowest BCUT2D eigenvalue weighted by Gasteiger charge is -2.69. The van der Waals surface area contributed by atoms with Gasteiger partial charge < -0.3 is 9.84 Å². The normalized spacial score (nSPS) is 52.7. The molecule has 4 nitrogen and oxygen atoms in total. The molecule has 0 saturated heterocycles. The molecule has 0 aromatic heterocycles. The number of aldehydes is 1. The highest BCUT2D eigenvalue weighted by atomic mass is 16.5. The predicted octanol–water partition coefficient (Wildman–Crippen LogP) is 6.13. The molecule has 10 atom stereocenters. The fourth-order valence-corrected chi connectivity index (χ4v) is 10.6. The highest BCUT2D eigenvalue weighted by molar-refractivity contribution is 5.79. The van der Waals surface area contributed by atoms with Crippen LogP contribution < -0.4 is 0 Å². The fourth-order valence-electron chi connectivity index (χ4n) is 10.6. The Kier molecular flexibility index (Phi) is 5.62. The van der Waals surface area contributed by atoms with Crippen molar-refractivity contribution in [2.45, 2.75) is 86.5 Å². The zero-order chi connectivity index (χ0) is 25.6. The summed E-state index contributed by atoms with van der Waals surface area (Å²) in [7, 11) is 1.56. The van der Waals surface area contributed by atoms with Crippen LogP contribution in [0.25, 0.3) is 0 Å². The molecule has 5 rings (SSSR count). The van der Waals surface area contributed by atoms with Crippen LogP contribution in [0.5, 0.6) is 0 Å². The molecule has 0 bridgehead atoms. The molecule has 0 unspecified atom stereocenters. The van der Waals surface area contributed by atoms with Gasteiger partial charge in [-0.05, 0) is 90.9 Å². The van der Waals surface area contributed by atoms with Crippen molar-refractivity contribution in [3.8, 4) is 0 Å². The van der Waals surface area contributed by atoms with Gasteiger partial charge in [0.2, 0.25) is 0 Å². The van der Waals surface area contributed by atoms with Crippen LogP contribution in [0.3, 0.4) is 0 Å². The van der Waals surface area contributed by atoms with Crippen LogP contribution in [0.4, 0.5) is 0 Å². The lowest BCUT2D eigenvalue weighted by atomic mass is 9.35. The first-order valence-corrected chi connectivity index (χ1v) is 14.0. The van der Waals surface area contributed by atoms with E-state index in [1.54, 1.807) is 7.11 Å². The van der Waals surface area contributed by atoms with Crippen LogP contribution in [0.2, 0.25) is 0 Å². The standard InChI is InChI=1S/C31H46O4/c1-19-10-13-31(26(34)35-7)15-14-28(4)22(25(31)20(19)2)8-9-24-29(28,5)12-11-23-27(3,18-33)16-21(17-32)30(23,24)6/h8,16-17,19-20,23-25,33H,9-15,18H2,1-7H3/t19-,20+,23+,24+,25+,27+,28-,29-,30+,31+/m1/s1. The minimum Gasteiger partial charge on any atom is -0.469 e. The number of ether oxygens (including phenoxy) is 1. The Labute approximate surface area is 212 Å². The summed E-state index contributed by atoms with van der Waals surface area (Å²) in [5, 5.41) is 10.4. The number of fused-ring (bicyclic) bond motifs is 7. The van der Waals surface area contributed by atoms with E-state index in [4.69, 9.17) is 4.74 Å². The van der Waals surface area contributed by atoms with E-state index in [9.17, 15) is 14.7 Å². The number of carbonyl (C=O) groups excluding carboxylic acids is 2. The zero-order valence-corrected chi connectivity index (χ0v) is 22.9. The number of rotatable bonds is 3. The van der Waals surface area contributed by atoms with Gasteiger partial charge in [-0.3, -0.25) is 9.59 Å². The van der Waals surface area contributed by atoms with Gasteiger partial charge in [0.15, 0.2) is 0 Å². The Balaban J connectivity index is 1.65. The summed E-state index contributed by atoms with van der Waals surface area (Å²) in [6.45, 7) is 14.2. The third kappa shape index (κ3) is 2.84. The number of allylic oxidation sites excluding steroid dienone is 3. The second-order valence-corrected chi connectivity index (χ2v) is 14.0. The minimum absolute atomic E-state index is 0.00664. The van der Waals surface area contributed by atoms with E-state index in [1.807, 2.05) is 0 Å². The van der Waals surface area contributed by atoms with Crippen LogP contribution in [0.1, 0.15) is 86.5 Å². The summed E-state index contributed by atoms with van der Waals surface area (Å²) >= 11 is 0. The number of methoxy groups -OCH3 is 1. The Hall–Kier alpha value is -1.42. The first-order chi connectivity index (χ1) is 16.4. The Morgan fingerprint density at radius 3 is 2.43 bits per heavy atom. The number of hydrogen-bond acceptors (Lipinski definition) is 4. The quantitative estimate of drug-likeness (QED) is 0.298. The lowest BCUT2D eigenvalue weighted by Crippen LogP contribution is -2.63. The maximum Gasteiger partial charge on any atom is 0.312 e. The first kappa shape index (κ1) is 25.2. The minimum atomic E-state index is -0.396. The molecule has 0 radical (unpaired) electrons. The summed E-state index contributed by atoms with van der Waals surface area (Å²) in [4.78, 5) is 25.8. The van der Waals surface area contributed by atoms with Gasteiger partial charge in [-0.25, -0.2) is 0 Å². The molecule has 35 heavy (non-hydrogen) atoms. The molecule has 0 aliphatic heterocycles. The number of aliphatic hydroxyl groups is 1. The molecule has 0 aromatic rings. The molecule has 0 heterocycles. The van der Waals surface area contributed by atoms with Crippen LogP contribution in [-0.4, -0.2) is 31.1 Å². The second kappa shape index (κ2) is 7.79. The maximum absolute atomic E-state index is 13.4. The van der Waals surface area contributed by atoms with Gasteiger partial charge in [0.1, 0.15) is 6.29 Å². The van der Waals surface area contributed by atoms with Gasteiger partial charge in [-0.2, -0.15) is 0 Å². The number of esters is 1. The second-order valence-electron chi connectivity index (χ2n) is 14.0. The van der Waals surface area contributed by atoms with Gasteiger partial charge >= 0.3 is 5.97 Å². The molecule has 0 amide bonds. The van der Waals surface area contributed by atoms with Crippen molar-refractivity contribution in [3.63, 3.8) is 0 Å².